The van der Waals surface area contributed by atoms with Gasteiger partial charge in [0.1, 0.15) is 16.6 Å². The molecule has 23 heavy (non-hydrogen) atoms. The molecule has 2 heterocycles. The molecule has 0 saturated heterocycles. The van der Waals surface area contributed by atoms with Crippen molar-refractivity contribution in [2.75, 3.05) is 18.5 Å². The highest BCUT2D eigenvalue weighted by atomic mass is 79.9. The molecule has 0 fully saturated rings. The van der Waals surface area contributed by atoms with Crippen molar-refractivity contribution >= 4 is 21.6 Å². The maximum atomic E-state index is 12.8. The summed E-state index contributed by atoms with van der Waals surface area (Å²) in [5.41, 5.74) is -0.842. The molecule has 0 amide bonds. The van der Waals surface area contributed by atoms with Crippen molar-refractivity contribution in [1.82, 2.24) is 14.8 Å². The van der Waals surface area contributed by atoms with Crippen molar-refractivity contribution in [2.45, 2.75) is 6.18 Å². The summed E-state index contributed by atoms with van der Waals surface area (Å²) in [6, 6.07) is 2.09. The number of halogens is 4. The Bertz CT molecular complexity index is 749. The molecule has 0 atom stereocenters. The van der Waals surface area contributed by atoms with E-state index in [1.165, 1.54) is 25.5 Å². The third-order valence-electron chi connectivity index (χ3n) is 2.81. The number of hydrogen-bond acceptors (Lipinski definition) is 5. The Balaban J connectivity index is 1.97. The molecular formula is C13H12BrF3N4O2. The van der Waals surface area contributed by atoms with E-state index in [0.717, 1.165) is 10.7 Å². The van der Waals surface area contributed by atoms with Crippen LogP contribution in [0.15, 0.2) is 33.8 Å². The normalized spacial score (nSPS) is 11.3. The van der Waals surface area contributed by atoms with Gasteiger partial charge < -0.3 is 10.1 Å². The predicted octanol–water partition coefficient (Wildman–Crippen LogP) is 2.45. The third-order valence-corrected chi connectivity index (χ3v) is 3.58. The van der Waals surface area contributed by atoms with Gasteiger partial charge in [0.15, 0.2) is 0 Å². The van der Waals surface area contributed by atoms with Crippen molar-refractivity contribution in [3.05, 3.63) is 44.9 Å². The number of ether oxygens (including phenoxy) is 1. The standard InChI is InChI=1S/C13H12BrF3N4O2/c1-21-12(22)10(14)9(7-20-21)18-5-6-23-11-8(13(15,16)17)3-2-4-19-11/h2-4,7,18H,5-6H2,1H3. The Labute approximate surface area is 137 Å². The molecule has 2 rings (SSSR count). The molecule has 0 saturated carbocycles. The van der Waals surface area contributed by atoms with Crippen LogP contribution < -0.4 is 15.6 Å². The topological polar surface area (TPSA) is 69.0 Å². The molecule has 6 nitrogen and oxygen atoms in total. The Kier molecular flexibility index (Phi) is 5.24. The number of rotatable bonds is 5. The van der Waals surface area contributed by atoms with E-state index in [4.69, 9.17) is 4.74 Å². The average molecular weight is 393 g/mol. The summed E-state index contributed by atoms with van der Waals surface area (Å²) in [5, 5.41) is 6.69. The second-order valence-electron chi connectivity index (χ2n) is 4.43. The number of aryl methyl sites for hydroxylation is 1. The highest BCUT2D eigenvalue weighted by molar-refractivity contribution is 9.10. The van der Waals surface area contributed by atoms with E-state index in [1.807, 2.05) is 0 Å². The lowest BCUT2D eigenvalue weighted by molar-refractivity contribution is -0.139. The smallest absolute Gasteiger partial charge is 0.421 e. The molecule has 0 aliphatic heterocycles. The van der Waals surface area contributed by atoms with Crippen molar-refractivity contribution in [3.8, 4) is 5.88 Å². The first-order chi connectivity index (χ1) is 10.8. The summed E-state index contributed by atoms with van der Waals surface area (Å²) in [7, 11) is 1.50. The lowest BCUT2D eigenvalue weighted by atomic mass is 10.2. The molecule has 0 aliphatic rings. The van der Waals surface area contributed by atoms with Crippen molar-refractivity contribution in [3.63, 3.8) is 0 Å². The zero-order chi connectivity index (χ0) is 17.0. The Morgan fingerprint density at radius 2 is 2.17 bits per heavy atom. The quantitative estimate of drug-likeness (QED) is 0.791. The Morgan fingerprint density at radius 1 is 1.43 bits per heavy atom. The number of alkyl halides is 3. The van der Waals surface area contributed by atoms with E-state index >= 15 is 0 Å². The van der Waals surface area contributed by atoms with Crippen LogP contribution in [-0.4, -0.2) is 27.9 Å². The van der Waals surface area contributed by atoms with Gasteiger partial charge in [-0.3, -0.25) is 4.79 Å². The minimum absolute atomic E-state index is 0.0677. The van der Waals surface area contributed by atoms with Gasteiger partial charge >= 0.3 is 6.18 Å². The van der Waals surface area contributed by atoms with Gasteiger partial charge in [-0.2, -0.15) is 18.3 Å². The molecule has 0 aliphatic carbocycles. The van der Waals surface area contributed by atoms with Crippen molar-refractivity contribution in [1.29, 1.82) is 0 Å². The maximum absolute atomic E-state index is 12.8. The molecule has 0 unspecified atom stereocenters. The number of nitrogens with zero attached hydrogens (tertiary/aromatic N) is 3. The number of pyridine rings is 1. The zero-order valence-corrected chi connectivity index (χ0v) is 13.5. The lowest BCUT2D eigenvalue weighted by Crippen LogP contribution is -2.22. The monoisotopic (exact) mass is 392 g/mol. The van der Waals surface area contributed by atoms with Gasteiger partial charge in [-0.1, -0.05) is 0 Å². The first kappa shape index (κ1) is 17.3. The fraction of sp³-hybridized carbons (Fsp3) is 0.308. The van der Waals surface area contributed by atoms with Crippen LogP contribution >= 0.6 is 15.9 Å². The molecule has 2 aromatic heterocycles. The van der Waals surface area contributed by atoms with Crippen molar-refractivity contribution < 1.29 is 17.9 Å². The van der Waals surface area contributed by atoms with Crippen LogP contribution in [0, 0.1) is 0 Å². The molecule has 0 radical (unpaired) electrons. The number of hydrogen-bond donors (Lipinski definition) is 1. The third kappa shape index (κ3) is 4.21. The lowest BCUT2D eigenvalue weighted by Gasteiger charge is -2.13. The van der Waals surface area contributed by atoms with E-state index in [1.54, 1.807) is 0 Å². The largest absolute Gasteiger partial charge is 0.475 e. The summed E-state index contributed by atoms with van der Waals surface area (Å²) in [6.07, 6.45) is -1.89. The first-order valence-electron chi connectivity index (χ1n) is 6.41. The van der Waals surface area contributed by atoms with Gasteiger partial charge in [-0.15, -0.1) is 0 Å². The van der Waals surface area contributed by atoms with Crippen LogP contribution in [0.25, 0.3) is 0 Å². The van der Waals surface area contributed by atoms with E-state index < -0.39 is 17.6 Å². The van der Waals surface area contributed by atoms with Gasteiger partial charge in [0, 0.05) is 19.8 Å². The molecule has 10 heteroatoms. The first-order valence-corrected chi connectivity index (χ1v) is 7.20. The van der Waals surface area contributed by atoms with Crippen LogP contribution in [0.3, 0.4) is 0 Å². The zero-order valence-electron chi connectivity index (χ0n) is 11.9. The molecule has 2 aromatic rings. The predicted molar refractivity (Wildman–Crippen MR) is 80.4 cm³/mol. The summed E-state index contributed by atoms with van der Waals surface area (Å²) in [6.45, 7) is 0.100. The molecule has 0 spiro atoms. The molecule has 0 aromatic carbocycles. The molecule has 124 valence electrons. The van der Waals surface area contributed by atoms with E-state index in [0.29, 0.717) is 5.69 Å². The molecular weight excluding hydrogens is 381 g/mol. The summed E-state index contributed by atoms with van der Waals surface area (Å²) >= 11 is 3.13. The van der Waals surface area contributed by atoms with Gasteiger partial charge in [0.2, 0.25) is 5.88 Å². The minimum atomic E-state index is -4.53. The Morgan fingerprint density at radius 3 is 2.87 bits per heavy atom. The second-order valence-corrected chi connectivity index (χ2v) is 5.22. The van der Waals surface area contributed by atoms with Crippen LogP contribution in [-0.2, 0) is 13.2 Å². The van der Waals surface area contributed by atoms with E-state index in [9.17, 15) is 18.0 Å². The van der Waals surface area contributed by atoms with Crippen LogP contribution in [0.4, 0.5) is 18.9 Å². The summed E-state index contributed by atoms with van der Waals surface area (Å²) in [5.74, 6) is -0.483. The number of aromatic nitrogens is 3. The van der Waals surface area contributed by atoms with E-state index in [-0.39, 0.29) is 23.2 Å². The summed E-state index contributed by atoms with van der Waals surface area (Å²) in [4.78, 5) is 15.2. The SMILES string of the molecule is Cn1ncc(NCCOc2ncccc2C(F)(F)F)c(Br)c1=O. The van der Waals surface area contributed by atoms with Crippen LogP contribution in [0.5, 0.6) is 5.88 Å². The fourth-order valence-corrected chi connectivity index (χ4v) is 2.19. The highest BCUT2D eigenvalue weighted by Gasteiger charge is 2.34. The van der Waals surface area contributed by atoms with Crippen LogP contribution in [0.1, 0.15) is 5.56 Å². The average Bonchev–Trinajstić information content (AvgIpc) is 2.50. The van der Waals surface area contributed by atoms with Gasteiger partial charge in [-0.25, -0.2) is 9.67 Å². The number of nitrogens with one attached hydrogen (secondary N) is 1. The highest BCUT2D eigenvalue weighted by Crippen LogP contribution is 2.34. The van der Waals surface area contributed by atoms with Gasteiger partial charge in [-0.05, 0) is 28.1 Å². The van der Waals surface area contributed by atoms with Crippen LogP contribution in [0.2, 0.25) is 0 Å². The van der Waals surface area contributed by atoms with Gasteiger partial charge in [0.25, 0.3) is 5.56 Å². The second kappa shape index (κ2) is 6.99. The minimum Gasteiger partial charge on any atom is -0.475 e. The summed E-state index contributed by atoms with van der Waals surface area (Å²) < 4.78 is 44.8. The maximum Gasteiger partial charge on any atom is 0.421 e. The Hall–Kier alpha value is -2.10. The fourth-order valence-electron chi connectivity index (χ4n) is 1.69. The van der Waals surface area contributed by atoms with E-state index in [2.05, 4.69) is 31.3 Å². The van der Waals surface area contributed by atoms with Crippen molar-refractivity contribution in [2.24, 2.45) is 7.05 Å². The number of anilines is 1. The molecule has 1 N–H and O–H groups in total. The molecule has 0 bridgehead atoms. The van der Waals surface area contributed by atoms with Gasteiger partial charge in [0.05, 0.1) is 11.9 Å².